The van der Waals surface area contributed by atoms with Gasteiger partial charge in [-0.1, -0.05) is 24.3 Å². The van der Waals surface area contributed by atoms with E-state index in [0.717, 1.165) is 0 Å². The van der Waals surface area contributed by atoms with Gasteiger partial charge < -0.3 is 15.4 Å². The van der Waals surface area contributed by atoms with Crippen LogP contribution in [0.4, 0.5) is 21.7 Å². The first kappa shape index (κ1) is 16.4. The molecule has 0 atom stereocenters. The predicted octanol–water partition coefficient (Wildman–Crippen LogP) is 3.62. The number of amides is 1. The highest BCUT2D eigenvalue weighted by molar-refractivity contribution is 6.05. The summed E-state index contributed by atoms with van der Waals surface area (Å²) in [6.07, 6.45) is 0. The maximum absolute atomic E-state index is 13.6. The van der Waals surface area contributed by atoms with Crippen molar-refractivity contribution in [3.05, 3.63) is 72.0 Å². The molecule has 7 heteroatoms. The van der Waals surface area contributed by atoms with Crippen molar-refractivity contribution in [3.63, 3.8) is 0 Å². The minimum Gasteiger partial charge on any atom is -0.496 e. The number of nitrogens with one attached hydrogen (secondary N) is 2. The van der Waals surface area contributed by atoms with Crippen LogP contribution in [0.3, 0.4) is 0 Å². The SMILES string of the molecule is COc1ccccc1C(=O)Nc1ccc(Nc2ccccc2F)nn1. The van der Waals surface area contributed by atoms with E-state index in [1.165, 1.54) is 13.2 Å². The van der Waals surface area contributed by atoms with E-state index in [-0.39, 0.29) is 11.7 Å². The van der Waals surface area contributed by atoms with Crippen LogP contribution in [-0.4, -0.2) is 23.2 Å². The normalized spacial score (nSPS) is 10.2. The summed E-state index contributed by atoms with van der Waals surface area (Å²) >= 11 is 0. The zero-order valence-electron chi connectivity index (χ0n) is 13.4. The molecule has 25 heavy (non-hydrogen) atoms. The summed E-state index contributed by atoms with van der Waals surface area (Å²) in [6.45, 7) is 0. The molecule has 3 aromatic rings. The van der Waals surface area contributed by atoms with E-state index in [9.17, 15) is 9.18 Å². The van der Waals surface area contributed by atoms with Crippen LogP contribution in [0, 0.1) is 5.82 Å². The van der Waals surface area contributed by atoms with E-state index >= 15 is 0 Å². The fourth-order valence-corrected chi connectivity index (χ4v) is 2.18. The molecule has 2 N–H and O–H groups in total. The van der Waals surface area contributed by atoms with Crippen molar-refractivity contribution in [2.24, 2.45) is 0 Å². The molecule has 1 heterocycles. The second-order valence-corrected chi connectivity index (χ2v) is 5.06. The van der Waals surface area contributed by atoms with Crippen molar-refractivity contribution in [1.29, 1.82) is 0 Å². The van der Waals surface area contributed by atoms with Crippen LogP contribution >= 0.6 is 0 Å². The Kier molecular flexibility index (Phi) is 4.84. The quantitative estimate of drug-likeness (QED) is 0.743. The van der Waals surface area contributed by atoms with Crippen molar-refractivity contribution in [1.82, 2.24) is 10.2 Å². The second kappa shape index (κ2) is 7.39. The number of benzene rings is 2. The minimum absolute atomic E-state index is 0.273. The first-order chi connectivity index (χ1) is 12.2. The Hall–Kier alpha value is -3.48. The first-order valence-electron chi connectivity index (χ1n) is 7.47. The topological polar surface area (TPSA) is 76.1 Å². The molecule has 126 valence electrons. The third-order valence-electron chi connectivity index (χ3n) is 3.39. The van der Waals surface area contributed by atoms with Gasteiger partial charge in [0.2, 0.25) is 0 Å². The highest BCUT2D eigenvalue weighted by Crippen LogP contribution is 2.20. The van der Waals surface area contributed by atoms with Gasteiger partial charge in [-0.2, -0.15) is 0 Å². The Labute approximate surface area is 143 Å². The number of nitrogens with zero attached hydrogens (tertiary/aromatic N) is 2. The van der Waals surface area contributed by atoms with Crippen LogP contribution < -0.4 is 15.4 Å². The number of ether oxygens (including phenoxy) is 1. The Morgan fingerprint density at radius 3 is 2.36 bits per heavy atom. The number of anilines is 3. The van der Waals surface area contributed by atoms with Gasteiger partial charge in [-0.15, -0.1) is 10.2 Å². The van der Waals surface area contributed by atoms with Crippen LogP contribution in [0.2, 0.25) is 0 Å². The van der Waals surface area contributed by atoms with Crippen molar-refractivity contribution in [2.45, 2.75) is 0 Å². The highest BCUT2D eigenvalue weighted by Gasteiger charge is 2.12. The molecule has 0 bridgehead atoms. The van der Waals surface area contributed by atoms with E-state index in [1.54, 1.807) is 54.6 Å². The van der Waals surface area contributed by atoms with Gasteiger partial charge in [-0.3, -0.25) is 4.79 Å². The summed E-state index contributed by atoms with van der Waals surface area (Å²) in [7, 11) is 1.50. The number of rotatable bonds is 5. The number of halogens is 1. The third kappa shape index (κ3) is 3.89. The largest absolute Gasteiger partial charge is 0.496 e. The molecule has 0 spiro atoms. The zero-order chi connectivity index (χ0) is 17.6. The molecule has 0 aliphatic carbocycles. The average molecular weight is 338 g/mol. The van der Waals surface area contributed by atoms with Crippen molar-refractivity contribution in [3.8, 4) is 5.75 Å². The van der Waals surface area contributed by atoms with Crippen molar-refractivity contribution in [2.75, 3.05) is 17.7 Å². The Balaban J connectivity index is 1.70. The van der Waals surface area contributed by atoms with E-state index < -0.39 is 5.82 Å². The van der Waals surface area contributed by atoms with Crippen LogP contribution in [0.5, 0.6) is 5.75 Å². The number of para-hydroxylation sites is 2. The van der Waals surface area contributed by atoms with Crippen LogP contribution in [0.15, 0.2) is 60.7 Å². The lowest BCUT2D eigenvalue weighted by atomic mass is 10.2. The number of hydrogen-bond acceptors (Lipinski definition) is 5. The van der Waals surface area contributed by atoms with Gasteiger partial charge in [-0.25, -0.2) is 4.39 Å². The number of carbonyl (C=O) groups is 1. The molecule has 0 radical (unpaired) electrons. The molecule has 0 unspecified atom stereocenters. The Morgan fingerprint density at radius 1 is 0.960 bits per heavy atom. The number of carbonyl (C=O) groups excluding carboxylic acids is 1. The first-order valence-corrected chi connectivity index (χ1v) is 7.47. The summed E-state index contributed by atoms with van der Waals surface area (Å²) in [5.41, 5.74) is 0.683. The fourth-order valence-electron chi connectivity index (χ4n) is 2.18. The minimum atomic E-state index is -0.391. The average Bonchev–Trinajstić information content (AvgIpc) is 2.65. The lowest BCUT2D eigenvalue weighted by Gasteiger charge is -2.09. The number of aromatic nitrogens is 2. The molecule has 1 amide bonds. The van der Waals surface area contributed by atoms with Crippen molar-refractivity contribution >= 4 is 23.2 Å². The van der Waals surface area contributed by atoms with Gasteiger partial charge in [0.25, 0.3) is 5.91 Å². The summed E-state index contributed by atoms with van der Waals surface area (Å²) in [5.74, 6) is 0.348. The number of hydrogen-bond donors (Lipinski definition) is 2. The Bertz CT molecular complexity index is 884. The molecule has 0 aliphatic heterocycles. The molecular weight excluding hydrogens is 323 g/mol. The second-order valence-electron chi connectivity index (χ2n) is 5.06. The zero-order valence-corrected chi connectivity index (χ0v) is 13.4. The highest BCUT2D eigenvalue weighted by atomic mass is 19.1. The lowest BCUT2D eigenvalue weighted by Crippen LogP contribution is -2.14. The number of methoxy groups -OCH3 is 1. The summed E-state index contributed by atoms with van der Waals surface area (Å²) in [5, 5.41) is 13.3. The maximum Gasteiger partial charge on any atom is 0.260 e. The van der Waals surface area contributed by atoms with E-state index in [0.29, 0.717) is 22.8 Å². The smallest absolute Gasteiger partial charge is 0.260 e. The van der Waals surface area contributed by atoms with E-state index in [4.69, 9.17) is 4.74 Å². The standard InChI is InChI=1S/C18H15FN4O2/c1-25-15-9-5-2-6-12(15)18(24)21-17-11-10-16(22-23-17)20-14-8-4-3-7-13(14)19/h2-11H,1H3,(H,20,22)(H,21,23,24). The van der Waals surface area contributed by atoms with Gasteiger partial charge >= 0.3 is 0 Å². The van der Waals surface area contributed by atoms with Gasteiger partial charge in [0, 0.05) is 0 Å². The molecule has 0 saturated carbocycles. The summed E-state index contributed by atoms with van der Waals surface area (Å²) in [6, 6.07) is 16.3. The van der Waals surface area contributed by atoms with E-state index in [1.807, 2.05) is 0 Å². The predicted molar refractivity (Wildman–Crippen MR) is 92.7 cm³/mol. The molecule has 2 aromatic carbocycles. The van der Waals surface area contributed by atoms with Gasteiger partial charge in [-0.05, 0) is 36.4 Å². The molecule has 6 nitrogen and oxygen atoms in total. The summed E-state index contributed by atoms with van der Waals surface area (Å²) < 4.78 is 18.8. The molecule has 0 aliphatic rings. The van der Waals surface area contributed by atoms with Gasteiger partial charge in [0.05, 0.1) is 18.4 Å². The van der Waals surface area contributed by atoms with Gasteiger partial charge in [0.1, 0.15) is 11.6 Å². The van der Waals surface area contributed by atoms with E-state index in [2.05, 4.69) is 20.8 Å². The Morgan fingerprint density at radius 2 is 1.64 bits per heavy atom. The maximum atomic E-state index is 13.6. The lowest BCUT2D eigenvalue weighted by molar-refractivity contribution is 0.102. The van der Waals surface area contributed by atoms with Crippen LogP contribution in [0.1, 0.15) is 10.4 Å². The fraction of sp³-hybridized carbons (Fsp3) is 0.0556. The molecule has 0 saturated heterocycles. The summed E-state index contributed by atoms with van der Waals surface area (Å²) in [4.78, 5) is 12.3. The molecule has 0 fully saturated rings. The third-order valence-corrected chi connectivity index (χ3v) is 3.39. The van der Waals surface area contributed by atoms with Crippen LogP contribution in [-0.2, 0) is 0 Å². The molecule has 1 aromatic heterocycles. The van der Waals surface area contributed by atoms with Gasteiger partial charge in [0.15, 0.2) is 11.6 Å². The van der Waals surface area contributed by atoms with Crippen molar-refractivity contribution < 1.29 is 13.9 Å². The molecular formula is C18H15FN4O2. The monoisotopic (exact) mass is 338 g/mol. The van der Waals surface area contributed by atoms with Crippen LogP contribution in [0.25, 0.3) is 0 Å². The molecule has 3 rings (SSSR count).